The number of hydrogen-bond donors (Lipinski definition) is 1. The predicted molar refractivity (Wildman–Crippen MR) is 116 cm³/mol. The van der Waals surface area contributed by atoms with Crippen LogP contribution in [-0.4, -0.2) is 55.8 Å². The number of nitrogens with zero attached hydrogens (tertiary/aromatic N) is 2. The molecule has 2 aromatic rings. The third kappa shape index (κ3) is 5.23. The highest BCUT2D eigenvalue weighted by Crippen LogP contribution is 2.21. The monoisotopic (exact) mass is 415 g/mol. The molecule has 0 saturated carbocycles. The van der Waals surface area contributed by atoms with Gasteiger partial charge in [0.25, 0.3) is 0 Å². The Kier molecular flexibility index (Phi) is 6.72. The highest BCUT2D eigenvalue weighted by atomic mass is 32.2. The van der Waals surface area contributed by atoms with Crippen LogP contribution in [0.3, 0.4) is 0 Å². The fraction of sp³-hybridized carbons (Fsp3) is 0.409. The summed E-state index contributed by atoms with van der Waals surface area (Å²) >= 11 is 0. The number of sulfonamides is 1. The number of hydrogen-bond acceptors (Lipinski definition) is 4. The number of para-hydroxylation sites is 1. The Morgan fingerprint density at radius 1 is 0.966 bits per heavy atom. The predicted octanol–water partition coefficient (Wildman–Crippen LogP) is 2.78. The molecule has 0 bridgehead atoms. The molecule has 1 unspecified atom stereocenters. The standard InChI is InChI=1S/C22H29N3O3S/c1-17-8-7-9-18(2)21(17)23-22(26)19(3)24-12-14-25(15-13-24)29(27,28)16-20-10-5-4-6-11-20/h4-11,19H,12-16H2,1-3H3,(H,23,26). The summed E-state index contributed by atoms with van der Waals surface area (Å²) in [5, 5.41) is 3.04. The van der Waals surface area contributed by atoms with Crippen LogP contribution in [0.25, 0.3) is 0 Å². The van der Waals surface area contributed by atoms with Gasteiger partial charge in [-0.15, -0.1) is 0 Å². The first-order chi connectivity index (χ1) is 13.8. The molecule has 1 atom stereocenters. The third-order valence-electron chi connectivity index (χ3n) is 5.52. The maximum absolute atomic E-state index is 12.8. The van der Waals surface area contributed by atoms with Crippen molar-refractivity contribution in [3.63, 3.8) is 0 Å². The Labute approximate surface area is 173 Å². The molecule has 2 aromatic carbocycles. The molecule has 6 nitrogen and oxygen atoms in total. The van der Waals surface area contributed by atoms with E-state index in [0.29, 0.717) is 26.2 Å². The molecule has 1 N–H and O–H groups in total. The van der Waals surface area contributed by atoms with E-state index in [4.69, 9.17) is 0 Å². The summed E-state index contributed by atoms with van der Waals surface area (Å²) in [5.41, 5.74) is 3.70. The fourth-order valence-electron chi connectivity index (χ4n) is 3.65. The minimum Gasteiger partial charge on any atom is -0.324 e. The average Bonchev–Trinajstić information content (AvgIpc) is 2.70. The number of carbonyl (C=O) groups excluding carboxylic acids is 1. The van der Waals surface area contributed by atoms with Gasteiger partial charge in [0.1, 0.15) is 0 Å². The molecule has 0 aliphatic carbocycles. The molecule has 1 saturated heterocycles. The lowest BCUT2D eigenvalue weighted by atomic mass is 10.1. The van der Waals surface area contributed by atoms with Crippen molar-refractivity contribution in [3.8, 4) is 0 Å². The largest absolute Gasteiger partial charge is 0.324 e. The lowest BCUT2D eigenvalue weighted by molar-refractivity contribution is -0.121. The molecule has 29 heavy (non-hydrogen) atoms. The van der Waals surface area contributed by atoms with Gasteiger partial charge in [-0.05, 0) is 37.5 Å². The van der Waals surface area contributed by atoms with Gasteiger partial charge in [-0.1, -0.05) is 48.5 Å². The summed E-state index contributed by atoms with van der Waals surface area (Å²) in [6.45, 7) is 7.70. The maximum atomic E-state index is 12.8. The molecular formula is C22H29N3O3S. The molecule has 3 rings (SSSR count). The first kappa shape index (κ1) is 21.5. The van der Waals surface area contributed by atoms with Crippen molar-refractivity contribution in [1.82, 2.24) is 9.21 Å². The zero-order chi connectivity index (χ0) is 21.0. The van der Waals surface area contributed by atoms with Gasteiger partial charge in [0.05, 0.1) is 11.8 Å². The summed E-state index contributed by atoms with van der Waals surface area (Å²) in [4.78, 5) is 14.8. The fourth-order valence-corrected chi connectivity index (χ4v) is 5.17. The van der Waals surface area contributed by atoms with Crippen molar-refractivity contribution in [1.29, 1.82) is 0 Å². The van der Waals surface area contributed by atoms with Gasteiger partial charge in [0.15, 0.2) is 0 Å². The van der Waals surface area contributed by atoms with Crippen LogP contribution in [-0.2, 0) is 20.6 Å². The van der Waals surface area contributed by atoms with Crippen molar-refractivity contribution in [2.45, 2.75) is 32.6 Å². The van der Waals surface area contributed by atoms with Crippen LogP contribution in [0, 0.1) is 13.8 Å². The molecule has 0 aromatic heterocycles. The van der Waals surface area contributed by atoms with E-state index in [1.54, 1.807) is 0 Å². The van der Waals surface area contributed by atoms with Crippen LogP contribution in [0.15, 0.2) is 48.5 Å². The van der Waals surface area contributed by atoms with E-state index in [1.165, 1.54) is 4.31 Å². The van der Waals surface area contributed by atoms with Gasteiger partial charge < -0.3 is 5.32 Å². The van der Waals surface area contributed by atoms with Crippen molar-refractivity contribution >= 4 is 21.6 Å². The Morgan fingerprint density at radius 2 is 1.55 bits per heavy atom. The summed E-state index contributed by atoms with van der Waals surface area (Å²) in [5.74, 6) is -0.0563. The van der Waals surface area contributed by atoms with Gasteiger partial charge in [-0.25, -0.2) is 8.42 Å². The minimum atomic E-state index is -3.36. The number of nitrogens with one attached hydrogen (secondary N) is 1. The van der Waals surface area contributed by atoms with E-state index in [2.05, 4.69) is 5.32 Å². The van der Waals surface area contributed by atoms with Gasteiger partial charge in [-0.3, -0.25) is 9.69 Å². The molecule has 156 valence electrons. The SMILES string of the molecule is Cc1cccc(C)c1NC(=O)C(C)N1CCN(S(=O)(=O)Cc2ccccc2)CC1. The van der Waals surface area contributed by atoms with Crippen LogP contribution in [0.5, 0.6) is 0 Å². The lowest BCUT2D eigenvalue weighted by Crippen LogP contribution is -2.54. The zero-order valence-corrected chi connectivity index (χ0v) is 18.1. The van der Waals surface area contributed by atoms with Crippen molar-refractivity contribution in [3.05, 3.63) is 65.2 Å². The molecule has 0 spiro atoms. The first-order valence-electron chi connectivity index (χ1n) is 9.91. The Morgan fingerprint density at radius 3 is 2.14 bits per heavy atom. The van der Waals surface area contributed by atoms with Crippen LogP contribution in [0.4, 0.5) is 5.69 Å². The van der Waals surface area contributed by atoms with Gasteiger partial charge in [0.2, 0.25) is 15.9 Å². The first-order valence-corrected chi connectivity index (χ1v) is 11.5. The molecule has 1 aliphatic heterocycles. The van der Waals surface area contributed by atoms with Crippen molar-refractivity contribution in [2.75, 3.05) is 31.5 Å². The second-order valence-corrected chi connectivity index (χ2v) is 9.58. The summed E-state index contributed by atoms with van der Waals surface area (Å²) in [6.07, 6.45) is 0. The van der Waals surface area contributed by atoms with E-state index in [0.717, 1.165) is 22.4 Å². The van der Waals surface area contributed by atoms with E-state index in [9.17, 15) is 13.2 Å². The minimum absolute atomic E-state index is 0.0104. The van der Waals surface area contributed by atoms with Crippen LogP contribution < -0.4 is 5.32 Å². The topological polar surface area (TPSA) is 69.7 Å². The third-order valence-corrected chi connectivity index (χ3v) is 7.37. The normalized spacial score (nSPS) is 17.1. The number of rotatable bonds is 6. The number of piperazine rings is 1. The second-order valence-electron chi connectivity index (χ2n) is 7.61. The van der Waals surface area contributed by atoms with E-state index in [-0.39, 0.29) is 17.7 Å². The molecule has 1 aliphatic rings. The maximum Gasteiger partial charge on any atom is 0.241 e. The second kappa shape index (κ2) is 9.07. The van der Waals surface area contributed by atoms with Gasteiger partial charge in [0, 0.05) is 31.9 Å². The molecule has 7 heteroatoms. The summed E-state index contributed by atoms with van der Waals surface area (Å²) in [6, 6.07) is 14.8. The van der Waals surface area contributed by atoms with E-state index >= 15 is 0 Å². The molecular weight excluding hydrogens is 386 g/mol. The highest BCUT2D eigenvalue weighted by Gasteiger charge is 2.31. The van der Waals surface area contributed by atoms with Crippen LogP contribution in [0.1, 0.15) is 23.6 Å². The van der Waals surface area contributed by atoms with Gasteiger partial charge in [-0.2, -0.15) is 4.31 Å². The van der Waals surface area contributed by atoms with Crippen LogP contribution in [0.2, 0.25) is 0 Å². The molecule has 0 radical (unpaired) electrons. The van der Waals surface area contributed by atoms with E-state index in [1.807, 2.05) is 74.2 Å². The molecule has 1 heterocycles. The molecule has 1 amide bonds. The zero-order valence-electron chi connectivity index (χ0n) is 17.3. The highest BCUT2D eigenvalue weighted by molar-refractivity contribution is 7.88. The quantitative estimate of drug-likeness (QED) is 0.788. The summed E-state index contributed by atoms with van der Waals surface area (Å²) < 4.78 is 27.0. The van der Waals surface area contributed by atoms with Crippen LogP contribution >= 0.6 is 0 Å². The average molecular weight is 416 g/mol. The Bertz CT molecular complexity index is 932. The van der Waals surface area contributed by atoms with Crippen molar-refractivity contribution < 1.29 is 13.2 Å². The Hall–Kier alpha value is -2.22. The molecule has 1 fully saturated rings. The summed E-state index contributed by atoms with van der Waals surface area (Å²) in [7, 11) is -3.36. The van der Waals surface area contributed by atoms with Gasteiger partial charge >= 0.3 is 0 Å². The lowest BCUT2D eigenvalue weighted by Gasteiger charge is -2.36. The Balaban J connectivity index is 1.57. The number of aryl methyl sites for hydroxylation is 2. The number of anilines is 1. The number of benzene rings is 2. The van der Waals surface area contributed by atoms with Crippen molar-refractivity contribution in [2.24, 2.45) is 0 Å². The van der Waals surface area contributed by atoms with E-state index < -0.39 is 10.0 Å². The number of amides is 1. The smallest absolute Gasteiger partial charge is 0.241 e. The number of carbonyl (C=O) groups is 1.